The molecule has 6 heteroatoms. The van der Waals surface area contributed by atoms with Crippen LogP contribution in [0.3, 0.4) is 0 Å². The third-order valence-electron chi connectivity index (χ3n) is 5.29. The maximum Gasteiger partial charge on any atom is 0.191 e. The number of methoxy groups -OCH3 is 1. The maximum absolute atomic E-state index is 6.21. The predicted octanol–water partition coefficient (Wildman–Crippen LogP) is 1.72. The summed E-state index contributed by atoms with van der Waals surface area (Å²) in [5.74, 6) is 2.03. The van der Waals surface area contributed by atoms with Gasteiger partial charge in [0.1, 0.15) is 5.75 Å². The lowest BCUT2D eigenvalue weighted by molar-refractivity contribution is 0.0671. The second kappa shape index (κ2) is 8.54. The predicted molar refractivity (Wildman–Crippen MR) is 100.0 cm³/mol. The standard InChI is InChI=1S/C19H30N4O2/c1-22-9-3-4-16(14-21-19(20)23-10-12-25-13-11-23)18(22)15-5-7-17(24-2)8-6-15/h5-8,16,18H,3-4,9-14H2,1-2H3,(H2,20,21)/t16-,18+/m0/s1. The van der Waals surface area contributed by atoms with Gasteiger partial charge in [0.15, 0.2) is 5.96 Å². The molecule has 3 rings (SSSR count). The molecule has 1 aromatic carbocycles. The van der Waals surface area contributed by atoms with Crippen molar-refractivity contribution in [3.63, 3.8) is 0 Å². The normalized spacial score (nSPS) is 25.8. The highest BCUT2D eigenvalue weighted by Crippen LogP contribution is 2.35. The molecule has 6 nitrogen and oxygen atoms in total. The van der Waals surface area contributed by atoms with Crippen LogP contribution >= 0.6 is 0 Å². The van der Waals surface area contributed by atoms with Crippen LogP contribution in [0.2, 0.25) is 0 Å². The van der Waals surface area contributed by atoms with Crippen LogP contribution in [-0.2, 0) is 4.74 Å². The van der Waals surface area contributed by atoms with Crippen LogP contribution in [-0.4, -0.2) is 69.3 Å². The summed E-state index contributed by atoms with van der Waals surface area (Å²) in [6, 6.07) is 8.81. The van der Waals surface area contributed by atoms with Crippen LogP contribution < -0.4 is 10.5 Å². The first-order valence-electron chi connectivity index (χ1n) is 9.16. The van der Waals surface area contributed by atoms with Crippen molar-refractivity contribution in [3.05, 3.63) is 29.8 Å². The highest BCUT2D eigenvalue weighted by molar-refractivity contribution is 5.78. The van der Waals surface area contributed by atoms with Gasteiger partial charge in [-0.25, -0.2) is 0 Å². The van der Waals surface area contributed by atoms with Gasteiger partial charge in [0.05, 0.1) is 20.3 Å². The summed E-state index contributed by atoms with van der Waals surface area (Å²) in [5.41, 5.74) is 7.54. The van der Waals surface area contributed by atoms with Crippen LogP contribution in [0.4, 0.5) is 0 Å². The Labute approximate surface area is 150 Å². The SMILES string of the molecule is COc1ccc([C@@H]2[C@H](CN=C(N)N3CCOCC3)CCCN2C)cc1. The summed E-state index contributed by atoms with van der Waals surface area (Å²) < 4.78 is 10.7. The van der Waals surface area contributed by atoms with Crippen molar-refractivity contribution in [2.24, 2.45) is 16.6 Å². The molecule has 25 heavy (non-hydrogen) atoms. The minimum atomic E-state index is 0.376. The van der Waals surface area contributed by atoms with E-state index in [1.165, 1.54) is 18.4 Å². The molecule has 0 saturated carbocycles. The summed E-state index contributed by atoms with van der Waals surface area (Å²) in [6.45, 7) is 5.03. The fourth-order valence-corrected chi connectivity index (χ4v) is 3.88. The Morgan fingerprint density at radius 2 is 1.96 bits per heavy atom. The summed E-state index contributed by atoms with van der Waals surface area (Å²) in [7, 11) is 3.91. The Kier molecular flexibility index (Phi) is 6.15. The van der Waals surface area contributed by atoms with E-state index in [0.29, 0.717) is 17.9 Å². The largest absolute Gasteiger partial charge is 0.497 e. The summed E-state index contributed by atoms with van der Waals surface area (Å²) in [6.07, 6.45) is 2.39. The second-order valence-electron chi connectivity index (χ2n) is 6.90. The number of hydrogen-bond acceptors (Lipinski definition) is 4. The number of guanidine groups is 1. The first-order chi connectivity index (χ1) is 12.2. The Hall–Kier alpha value is -1.79. The molecule has 2 N–H and O–H groups in total. The van der Waals surface area contributed by atoms with E-state index < -0.39 is 0 Å². The van der Waals surface area contributed by atoms with Gasteiger partial charge in [-0.05, 0) is 50.0 Å². The quantitative estimate of drug-likeness (QED) is 0.664. The number of likely N-dealkylation sites (tertiary alicyclic amines) is 1. The van der Waals surface area contributed by atoms with Gasteiger partial charge in [0.2, 0.25) is 0 Å². The number of benzene rings is 1. The van der Waals surface area contributed by atoms with Gasteiger partial charge >= 0.3 is 0 Å². The summed E-state index contributed by atoms with van der Waals surface area (Å²) >= 11 is 0. The molecule has 2 aliphatic heterocycles. The maximum atomic E-state index is 6.21. The molecular weight excluding hydrogens is 316 g/mol. The average molecular weight is 346 g/mol. The number of piperidine rings is 1. The fraction of sp³-hybridized carbons (Fsp3) is 0.632. The second-order valence-corrected chi connectivity index (χ2v) is 6.90. The van der Waals surface area contributed by atoms with Gasteiger partial charge in [-0.3, -0.25) is 9.89 Å². The molecule has 2 saturated heterocycles. The molecule has 0 unspecified atom stereocenters. The molecule has 0 aromatic heterocycles. The van der Waals surface area contributed by atoms with Crippen LogP contribution in [0.1, 0.15) is 24.4 Å². The molecule has 0 aliphatic carbocycles. The van der Waals surface area contributed by atoms with Gasteiger partial charge in [-0.2, -0.15) is 0 Å². The molecule has 2 atom stereocenters. The van der Waals surface area contributed by atoms with Crippen molar-refractivity contribution in [2.75, 3.05) is 53.6 Å². The monoisotopic (exact) mass is 346 g/mol. The minimum Gasteiger partial charge on any atom is -0.497 e. The lowest BCUT2D eigenvalue weighted by atomic mass is 9.85. The number of ether oxygens (including phenoxy) is 2. The van der Waals surface area contributed by atoms with Gasteiger partial charge in [-0.1, -0.05) is 12.1 Å². The zero-order valence-corrected chi connectivity index (χ0v) is 15.4. The molecule has 0 amide bonds. The van der Waals surface area contributed by atoms with Crippen molar-refractivity contribution in [1.82, 2.24) is 9.80 Å². The molecule has 1 aromatic rings. The van der Waals surface area contributed by atoms with Crippen LogP contribution in [0, 0.1) is 5.92 Å². The lowest BCUT2D eigenvalue weighted by Crippen LogP contribution is -2.45. The highest BCUT2D eigenvalue weighted by atomic mass is 16.5. The zero-order valence-electron chi connectivity index (χ0n) is 15.4. The number of morpholine rings is 1. The molecule has 0 radical (unpaired) electrons. The first-order valence-corrected chi connectivity index (χ1v) is 9.16. The van der Waals surface area contributed by atoms with Crippen molar-refractivity contribution in [3.8, 4) is 5.75 Å². The third-order valence-corrected chi connectivity index (χ3v) is 5.29. The van der Waals surface area contributed by atoms with E-state index in [1.807, 2.05) is 12.1 Å². The van der Waals surface area contributed by atoms with E-state index in [-0.39, 0.29) is 0 Å². The van der Waals surface area contributed by atoms with E-state index in [1.54, 1.807) is 7.11 Å². The van der Waals surface area contributed by atoms with Crippen LogP contribution in [0.15, 0.2) is 29.3 Å². The van der Waals surface area contributed by atoms with Crippen LogP contribution in [0.25, 0.3) is 0 Å². The van der Waals surface area contributed by atoms with Crippen molar-refractivity contribution in [2.45, 2.75) is 18.9 Å². The molecule has 0 bridgehead atoms. The average Bonchev–Trinajstić information content (AvgIpc) is 2.67. The lowest BCUT2D eigenvalue weighted by Gasteiger charge is -2.39. The number of hydrogen-bond donors (Lipinski definition) is 1. The molecule has 2 heterocycles. The number of aliphatic imine (C=N–C) groups is 1. The molecule has 0 spiro atoms. The first kappa shape index (κ1) is 18.0. The zero-order chi connectivity index (χ0) is 17.6. The van der Waals surface area contributed by atoms with Gasteiger partial charge < -0.3 is 20.1 Å². The number of rotatable bonds is 4. The Morgan fingerprint density at radius 1 is 1.24 bits per heavy atom. The van der Waals surface area contributed by atoms with E-state index in [2.05, 4.69) is 29.0 Å². The Morgan fingerprint density at radius 3 is 2.64 bits per heavy atom. The van der Waals surface area contributed by atoms with E-state index in [0.717, 1.165) is 45.1 Å². The Bertz CT molecular complexity index is 569. The van der Waals surface area contributed by atoms with Crippen molar-refractivity contribution in [1.29, 1.82) is 0 Å². The number of nitrogens with zero attached hydrogens (tertiary/aromatic N) is 3. The summed E-state index contributed by atoms with van der Waals surface area (Å²) in [5, 5.41) is 0. The Balaban J connectivity index is 1.70. The van der Waals surface area contributed by atoms with Gasteiger partial charge in [0.25, 0.3) is 0 Å². The molecular formula is C19H30N4O2. The van der Waals surface area contributed by atoms with Gasteiger partial charge in [-0.15, -0.1) is 0 Å². The van der Waals surface area contributed by atoms with Crippen molar-refractivity contribution >= 4 is 5.96 Å². The van der Waals surface area contributed by atoms with Crippen LogP contribution in [0.5, 0.6) is 5.75 Å². The molecule has 138 valence electrons. The topological polar surface area (TPSA) is 63.3 Å². The van der Waals surface area contributed by atoms with Gasteiger partial charge in [0, 0.05) is 25.7 Å². The third kappa shape index (κ3) is 4.44. The highest BCUT2D eigenvalue weighted by Gasteiger charge is 2.30. The molecule has 2 aliphatic rings. The van der Waals surface area contributed by atoms with E-state index in [9.17, 15) is 0 Å². The van der Waals surface area contributed by atoms with E-state index in [4.69, 9.17) is 20.2 Å². The minimum absolute atomic E-state index is 0.376. The van der Waals surface area contributed by atoms with Crippen molar-refractivity contribution < 1.29 is 9.47 Å². The number of nitrogens with two attached hydrogens (primary N) is 1. The van der Waals surface area contributed by atoms with E-state index >= 15 is 0 Å². The fourth-order valence-electron chi connectivity index (χ4n) is 3.88. The molecule has 2 fully saturated rings. The smallest absolute Gasteiger partial charge is 0.191 e. The summed E-state index contributed by atoms with van der Waals surface area (Å²) in [4.78, 5) is 9.29.